The van der Waals surface area contributed by atoms with Crippen molar-refractivity contribution in [2.45, 2.75) is 109 Å². The molecule has 1 saturated carbocycles. The molecule has 1 aliphatic carbocycles. The minimum atomic E-state index is -0.973. The number of hydrogen-bond donors (Lipinski definition) is 2. The summed E-state index contributed by atoms with van der Waals surface area (Å²) in [5.74, 6) is 0.835. The van der Waals surface area contributed by atoms with Gasteiger partial charge in [0.15, 0.2) is 0 Å². The van der Waals surface area contributed by atoms with E-state index in [0.717, 1.165) is 50.9 Å². The Bertz CT molecular complexity index is 689. The third-order valence-electron chi connectivity index (χ3n) is 6.65. The summed E-state index contributed by atoms with van der Waals surface area (Å²) in [4.78, 5) is 11.8. The van der Waals surface area contributed by atoms with E-state index in [4.69, 9.17) is 9.47 Å². The zero-order valence-corrected chi connectivity index (χ0v) is 21.1. The molecule has 0 aromatic heterocycles. The lowest BCUT2D eigenvalue weighted by atomic mass is 9.76. The van der Waals surface area contributed by atoms with Crippen LogP contribution in [-0.4, -0.2) is 41.1 Å². The Balaban J connectivity index is 1.45. The fraction of sp³-hybridized carbons (Fsp3) is 0.690. The molecule has 34 heavy (non-hydrogen) atoms. The first-order valence-corrected chi connectivity index (χ1v) is 13.4. The Kier molecular flexibility index (Phi) is 14.0. The quantitative estimate of drug-likeness (QED) is 0.156. The molecule has 1 aliphatic rings. The number of hydrogen-bond acceptors (Lipinski definition) is 5. The van der Waals surface area contributed by atoms with Crippen molar-refractivity contribution in [1.29, 1.82) is 0 Å². The van der Waals surface area contributed by atoms with E-state index in [1.165, 1.54) is 32.1 Å². The zero-order chi connectivity index (χ0) is 24.5. The molecule has 0 saturated heterocycles. The van der Waals surface area contributed by atoms with Gasteiger partial charge in [0.25, 0.3) is 0 Å². The van der Waals surface area contributed by atoms with Gasteiger partial charge >= 0.3 is 5.97 Å². The van der Waals surface area contributed by atoms with Gasteiger partial charge in [-0.05, 0) is 63.5 Å². The van der Waals surface area contributed by atoms with Crippen LogP contribution in [-0.2, 0) is 9.53 Å². The molecule has 0 amide bonds. The second kappa shape index (κ2) is 16.7. The van der Waals surface area contributed by atoms with Gasteiger partial charge in [-0.3, -0.25) is 4.79 Å². The smallest absolute Gasteiger partial charge is 0.308 e. The van der Waals surface area contributed by atoms with Crippen LogP contribution in [0.5, 0.6) is 5.75 Å². The first kappa shape index (κ1) is 28.4. The van der Waals surface area contributed by atoms with Gasteiger partial charge in [0.05, 0.1) is 31.3 Å². The van der Waals surface area contributed by atoms with Crippen molar-refractivity contribution in [1.82, 2.24) is 0 Å². The lowest BCUT2D eigenvalue weighted by Crippen LogP contribution is -2.37. The molecule has 5 heteroatoms. The van der Waals surface area contributed by atoms with Crippen LogP contribution >= 0.6 is 0 Å². The Hall–Kier alpha value is -1.85. The molecular formula is C29H46O5. The van der Waals surface area contributed by atoms with Crippen LogP contribution in [0.4, 0.5) is 0 Å². The average Bonchev–Trinajstić information content (AvgIpc) is 2.81. The van der Waals surface area contributed by atoms with E-state index >= 15 is 0 Å². The first-order chi connectivity index (χ1) is 16.5. The number of para-hydroxylation sites is 1. The summed E-state index contributed by atoms with van der Waals surface area (Å²) in [5, 5.41) is 21.0. The summed E-state index contributed by atoms with van der Waals surface area (Å²) in [6, 6.07) is 9.99. The summed E-state index contributed by atoms with van der Waals surface area (Å²) in [7, 11) is 0. The van der Waals surface area contributed by atoms with E-state index in [0.29, 0.717) is 19.4 Å². The number of allylic oxidation sites excluding steroid dienone is 1. The van der Waals surface area contributed by atoms with Crippen LogP contribution in [0.3, 0.4) is 0 Å². The van der Waals surface area contributed by atoms with E-state index in [-0.39, 0.29) is 18.3 Å². The normalized spacial score (nSPS) is 21.4. The highest BCUT2D eigenvalue weighted by molar-refractivity contribution is 5.70. The van der Waals surface area contributed by atoms with Crippen LogP contribution in [0.25, 0.3) is 0 Å². The number of carbonyl (C=O) groups is 1. The van der Waals surface area contributed by atoms with Crippen molar-refractivity contribution >= 4 is 5.97 Å². The zero-order valence-electron chi connectivity index (χ0n) is 21.1. The minimum absolute atomic E-state index is 0.0647. The van der Waals surface area contributed by atoms with Crippen molar-refractivity contribution in [2.24, 2.45) is 5.92 Å². The monoisotopic (exact) mass is 474 g/mol. The Morgan fingerprint density at radius 2 is 1.76 bits per heavy atom. The number of esters is 1. The molecule has 1 aromatic carbocycles. The number of aliphatic hydroxyl groups is 2. The number of rotatable bonds is 17. The largest absolute Gasteiger partial charge is 0.494 e. The van der Waals surface area contributed by atoms with Crippen LogP contribution in [0.15, 0.2) is 42.5 Å². The number of unbranched alkanes of at least 4 members (excludes halogenated alkanes) is 7. The number of carbonyl (C=O) groups excluding carboxylic acids is 1. The van der Waals surface area contributed by atoms with Crippen molar-refractivity contribution in [3.05, 3.63) is 42.5 Å². The number of aliphatic hydroxyl groups excluding tert-OH is 1. The van der Waals surface area contributed by atoms with Gasteiger partial charge in [-0.2, -0.15) is 0 Å². The van der Waals surface area contributed by atoms with Gasteiger partial charge in [-0.1, -0.05) is 75.3 Å². The second-order valence-electron chi connectivity index (χ2n) is 9.79. The summed E-state index contributed by atoms with van der Waals surface area (Å²) in [6.45, 7) is 2.91. The van der Waals surface area contributed by atoms with Gasteiger partial charge in [-0.25, -0.2) is 0 Å². The fourth-order valence-corrected chi connectivity index (χ4v) is 4.80. The molecule has 0 radical (unpaired) electrons. The van der Waals surface area contributed by atoms with Crippen molar-refractivity contribution < 1.29 is 24.5 Å². The van der Waals surface area contributed by atoms with E-state index in [1.54, 1.807) is 6.92 Å². The lowest BCUT2D eigenvalue weighted by molar-refractivity contribution is -0.150. The molecule has 3 unspecified atom stereocenters. The molecular weight excluding hydrogens is 428 g/mol. The van der Waals surface area contributed by atoms with Gasteiger partial charge < -0.3 is 19.7 Å². The molecule has 0 heterocycles. The van der Waals surface area contributed by atoms with Gasteiger partial charge in [0, 0.05) is 0 Å². The molecule has 192 valence electrons. The van der Waals surface area contributed by atoms with Crippen molar-refractivity contribution in [3.63, 3.8) is 0 Å². The Morgan fingerprint density at radius 1 is 1.09 bits per heavy atom. The number of ether oxygens (including phenoxy) is 2. The standard InChI is InChI=1S/C29H46O5/c1-2-33-28(31)24-29(32)21-14-15-25(23-29)19-20-26(30)16-10-7-5-3-4-6-8-13-22-34-27-17-11-9-12-18-27/h9,11-12,17-20,25-26,30,32H,2-8,10,13-16,21-24H2,1H3/b20-19+. The van der Waals surface area contributed by atoms with E-state index in [2.05, 4.69) is 0 Å². The predicted molar refractivity (Wildman–Crippen MR) is 137 cm³/mol. The Morgan fingerprint density at radius 3 is 2.47 bits per heavy atom. The second-order valence-corrected chi connectivity index (χ2v) is 9.79. The third-order valence-corrected chi connectivity index (χ3v) is 6.65. The number of benzene rings is 1. The molecule has 1 aromatic rings. The SMILES string of the molecule is CCOC(=O)CC1(O)CCCC(/C=C/C(O)CCCCCCCCCCOc2ccccc2)C1. The molecule has 2 rings (SSSR count). The Labute approximate surface area is 206 Å². The topological polar surface area (TPSA) is 76.0 Å². The summed E-state index contributed by atoms with van der Waals surface area (Å²) < 4.78 is 10.7. The van der Waals surface area contributed by atoms with Crippen LogP contribution in [0.2, 0.25) is 0 Å². The van der Waals surface area contributed by atoms with Gasteiger partial charge in [0.2, 0.25) is 0 Å². The first-order valence-electron chi connectivity index (χ1n) is 13.4. The van der Waals surface area contributed by atoms with E-state index in [1.807, 2.05) is 42.5 Å². The van der Waals surface area contributed by atoms with Crippen molar-refractivity contribution in [3.8, 4) is 5.75 Å². The van der Waals surface area contributed by atoms with E-state index < -0.39 is 11.7 Å². The molecule has 3 atom stereocenters. The fourth-order valence-electron chi connectivity index (χ4n) is 4.80. The minimum Gasteiger partial charge on any atom is -0.494 e. The molecule has 0 bridgehead atoms. The maximum atomic E-state index is 11.8. The molecule has 5 nitrogen and oxygen atoms in total. The van der Waals surface area contributed by atoms with Crippen LogP contribution < -0.4 is 4.74 Å². The van der Waals surface area contributed by atoms with Gasteiger partial charge in [0.1, 0.15) is 5.75 Å². The predicted octanol–water partition coefficient (Wildman–Crippen LogP) is 6.37. The van der Waals surface area contributed by atoms with Gasteiger partial charge in [-0.15, -0.1) is 0 Å². The lowest BCUT2D eigenvalue weighted by Gasteiger charge is -2.35. The molecule has 0 spiro atoms. The highest BCUT2D eigenvalue weighted by Crippen LogP contribution is 2.36. The van der Waals surface area contributed by atoms with Crippen molar-refractivity contribution in [2.75, 3.05) is 13.2 Å². The van der Waals surface area contributed by atoms with E-state index in [9.17, 15) is 15.0 Å². The maximum absolute atomic E-state index is 11.8. The molecule has 0 aliphatic heterocycles. The molecule has 2 N–H and O–H groups in total. The van der Waals surface area contributed by atoms with Crippen LogP contribution in [0.1, 0.15) is 96.8 Å². The highest BCUT2D eigenvalue weighted by Gasteiger charge is 2.35. The maximum Gasteiger partial charge on any atom is 0.308 e. The van der Waals surface area contributed by atoms with Crippen LogP contribution in [0, 0.1) is 5.92 Å². The highest BCUT2D eigenvalue weighted by atomic mass is 16.5. The molecule has 1 fully saturated rings. The third kappa shape index (κ3) is 12.6. The summed E-state index contributed by atoms with van der Waals surface area (Å²) >= 11 is 0. The average molecular weight is 475 g/mol. The summed E-state index contributed by atoms with van der Waals surface area (Å²) in [5.41, 5.74) is -0.973. The summed E-state index contributed by atoms with van der Waals surface area (Å²) in [6.07, 6.45) is 17.0.